The molecule has 8 heteroatoms. The standard InChI is InChI=1S/C21H16ClN3O4/c22-16-6-4-15(5-7-16)21-18-13-24(12-11-19(18)23-29-21)20(26)10-3-14-1-8-17(9-2-14)25(27)28/h1-10H,11-13H2/b10-3+. The Morgan fingerprint density at radius 2 is 1.90 bits per heavy atom. The fraction of sp³-hybridized carbons (Fsp3) is 0.143. The largest absolute Gasteiger partial charge is 0.356 e. The lowest BCUT2D eigenvalue weighted by Gasteiger charge is -2.25. The minimum Gasteiger partial charge on any atom is -0.356 e. The van der Waals surface area contributed by atoms with Gasteiger partial charge in [-0.05, 0) is 48.0 Å². The van der Waals surface area contributed by atoms with Gasteiger partial charge in [-0.3, -0.25) is 14.9 Å². The zero-order valence-corrected chi connectivity index (χ0v) is 16.0. The monoisotopic (exact) mass is 409 g/mol. The van der Waals surface area contributed by atoms with E-state index in [1.54, 1.807) is 35.2 Å². The van der Waals surface area contributed by atoms with Crippen LogP contribution in [0.15, 0.2) is 59.1 Å². The average Bonchev–Trinajstić information content (AvgIpc) is 3.16. The van der Waals surface area contributed by atoms with Gasteiger partial charge in [-0.1, -0.05) is 16.8 Å². The van der Waals surface area contributed by atoms with Gasteiger partial charge in [0.1, 0.15) is 0 Å². The summed E-state index contributed by atoms with van der Waals surface area (Å²) in [4.78, 5) is 24.6. The van der Waals surface area contributed by atoms with Crippen molar-refractivity contribution in [2.45, 2.75) is 13.0 Å². The van der Waals surface area contributed by atoms with Crippen LogP contribution in [0.3, 0.4) is 0 Å². The van der Waals surface area contributed by atoms with Crippen molar-refractivity contribution >= 4 is 29.3 Å². The van der Waals surface area contributed by atoms with Crippen LogP contribution in [0.1, 0.15) is 16.8 Å². The van der Waals surface area contributed by atoms with Crippen molar-refractivity contribution in [3.63, 3.8) is 0 Å². The van der Waals surface area contributed by atoms with Crippen LogP contribution in [-0.4, -0.2) is 27.4 Å². The number of halogens is 1. The van der Waals surface area contributed by atoms with E-state index in [9.17, 15) is 14.9 Å². The molecule has 0 unspecified atom stereocenters. The predicted octanol–water partition coefficient (Wildman–Crippen LogP) is 4.50. The Morgan fingerprint density at radius 3 is 2.59 bits per heavy atom. The van der Waals surface area contributed by atoms with Gasteiger partial charge in [-0.15, -0.1) is 0 Å². The maximum Gasteiger partial charge on any atom is 0.269 e. The molecule has 0 aliphatic carbocycles. The molecule has 7 nitrogen and oxygen atoms in total. The van der Waals surface area contributed by atoms with Crippen molar-refractivity contribution in [1.82, 2.24) is 10.1 Å². The first kappa shape index (κ1) is 18.9. The molecular weight excluding hydrogens is 394 g/mol. The van der Waals surface area contributed by atoms with Gasteiger partial charge < -0.3 is 9.42 Å². The van der Waals surface area contributed by atoms with Crippen molar-refractivity contribution < 1.29 is 14.2 Å². The Morgan fingerprint density at radius 1 is 1.17 bits per heavy atom. The second-order valence-electron chi connectivity index (χ2n) is 6.64. The third-order valence-corrected chi connectivity index (χ3v) is 5.03. The first-order chi connectivity index (χ1) is 14.0. The molecule has 0 spiro atoms. The van der Waals surface area contributed by atoms with Crippen molar-refractivity contribution in [2.75, 3.05) is 6.54 Å². The van der Waals surface area contributed by atoms with Gasteiger partial charge in [-0.25, -0.2) is 0 Å². The van der Waals surface area contributed by atoms with E-state index < -0.39 is 4.92 Å². The molecule has 146 valence electrons. The molecule has 0 bridgehead atoms. The Balaban J connectivity index is 1.49. The average molecular weight is 410 g/mol. The second kappa shape index (κ2) is 7.89. The van der Waals surface area contributed by atoms with E-state index in [1.165, 1.54) is 18.2 Å². The van der Waals surface area contributed by atoms with Crippen molar-refractivity contribution in [3.8, 4) is 11.3 Å². The lowest BCUT2D eigenvalue weighted by molar-refractivity contribution is -0.384. The summed E-state index contributed by atoms with van der Waals surface area (Å²) in [6.45, 7) is 0.948. The fourth-order valence-corrected chi connectivity index (χ4v) is 3.33. The number of nitro benzene ring substituents is 1. The predicted molar refractivity (Wildman–Crippen MR) is 108 cm³/mol. The zero-order valence-electron chi connectivity index (χ0n) is 15.2. The van der Waals surface area contributed by atoms with E-state index in [0.29, 0.717) is 35.9 Å². The van der Waals surface area contributed by atoms with Crippen molar-refractivity contribution in [2.24, 2.45) is 0 Å². The third kappa shape index (κ3) is 4.05. The molecule has 29 heavy (non-hydrogen) atoms. The Hall–Kier alpha value is -3.45. The number of carbonyl (C=O) groups excluding carboxylic acids is 1. The van der Waals surface area contributed by atoms with Crippen molar-refractivity contribution in [1.29, 1.82) is 0 Å². The highest BCUT2D eigenvalue weighted by atomic mass is 35.5. The minimum atomic E-state index is -0.457. The number of benzene rings is 2. The lowest BCUT2D eigenvalue weighted by Crippen LogP contribution is -2.34. The minimum absolute atomic E-state index is 0.0132. The highest BCUT2D eigenvalue weighted by molar-refractivity contribution is 6.30. The van der Waals surface area contributed by atoms with E-state index in [1.807, 2.05) is 12.1 Å². The van der Waals surface area contributed by atoms with Crippen LogP contribution in [0.25, 0.3) is 17.4 Å². The summed E-state index contributed by atoms with van der Waals surface area (Å²) in [5.74, 6) is 0.505. The Labute approximate surface area is 171 Å². The number of amides is 1. The number of rotatable bonds is 4. The van der Waals surface area contributed by atoms with Crippen LogP contribution in [0.4, 0.5) is 5.69 Å². The van der Waals surface area contributed by atoms with Gasteiger partial charge in [0.05, 0.1) is 17.2 Å². The molecule has 1 aliphatic rings. The Bertz CT molecular complexity index is 1090. The van der Waals surface area contributed by atoms with E-state index in [0.717, 1.165) is 16.8 Å². The highest BCUT2D eigenvalue weighted by Crippen LogP contribution is 2.31. The molecular formula is C21H16ClN3O4. The molecule has 2 heterocycles. The third-order valence-electron chi connectivity index (χ3n) is 4.78. The lowest BCUT2D eigenvalue weighted by atomic mass is 10.0. The van der Waals surface area contributed by atoms with Gasteiger partial charge in [0.2, 0.25) is 5.91 Å². The summed E-state index contributed by atoms with van der Waals surface area (Å²) >= 11 is 5.95. The van der Waals surface area contributed by atoms with Crippen LogP contribution in [0.5, 0.6) is 0 Å². The van der Waals surface area contributed by atoms with Gasteiger partial charge in [0, 0.05) is 47.3 Å². The van der Waals surface area contributed by atoms with Gasteiger partial charge in [0.25, 0.3) is 5.69 Å². The summed E-state index contributed by atoms with van der Waals surface area (Å²) < 4.78 is 5.53. The first-order valence-electron chi connectivity index (χ1n) is 8.96. The van der Waals surface area contributed by atoms with E-state index >= 15 is 0 Å². The van der Waals surface area contributed by atoms with Crippen LogP contribution >= 0.6 is 11.6 Å². The van der Waals surface area contributed by atoms with E-state index in [2.05, 4.69) is 5.16 Å². The summed E-state index contributed by atoms with van der Waals surface area (Å²) in [7, 11) is 0. The topological polar surface area (TPSA) is 89.5 Å². The molecule has 1 aromatic heterocycles. The molecule has 2 aromatic carbocycles. The number of non-ortho nitro benzene ring substituents is 1. The summed E-state index contributed by atoms with van der Waals surface area (Å²) in [5, 5.41) is 15.5. The van der Waals surface area contributed by atoms with Gasteiger partial charge in [0.15, 0.2) is 5.76 Å². The van der Waals surface area contributed by atoms with Crippen LogP contribution in [0, 0.1) is 10.1 Å². The Kier molecular flexibility index (Phi) is 5.14. The molecule has 1 amide bonds. The zero-order chi connectivity index (χ0) is 20.4. The maximum atomic E-state index is 12.6. The molecule has 1 aliphatic heterocycles. The highest BCUT2D eigenvalue weighted by Gasteiger charge is 2.26. The normalized spacial score (nSPS) is 13.5. The number of hydrogen-bond acceptors (Lipinski definition) is 5. The van der Waals surface area contributed by atoms with Crippen molar-refractivity contribution in [3.05, 3.63) is 86.6 Å². The molecule has 0 atom stereocenters. The van der Waals surface area contributed by atoms with Crippen LogP contribution in [-0.2, 0) is 17.8 Å². The molecule has 3 aromatic rings. The smallest absolute Gasteiger partial charge is 0.269 e. The van der Waals surface area contributed by atoms with E-state index in [-0.39, 0.29) is 11.6 Å². The number of carbonyl (C=O) groups is 1. The van der Waals surface area contributed by atoms with E-state index in [4.69, 9.17) is 16.1 Å². The number of nitro groups is 1. The number of hydrogen-bond donors (Lipinski definition) is 0. The van der Waals surface area contributed by atoms with Gasteiger partial charge in [-0.2, -0.15) is 0 Å². The maximum absolute atomic E-state index is 12.6. The fourth-order valence-electron chi connectivity index (χ4n) is 3.21. The molecule has 0 fully saturated rings. The number of aromatic nitrogens is 1. The molecule has 0 saturated carbocycles. The molecule has 0 N–H and O–H groups in total. The molecule has 4 rings (SSSR count). The SMILES string of the molecule is O=C(/C=C/c1ccc([N+](=O)[O-])cc1)N1CCc2noc(-c3ccc(Cl)cc3)c2C1. The molecule has 0 radical (unpaired) electrons. The van der Waals surface area contributed by atoms with Crippen LogP contribution in [0.2, 0.25) is 5.02 Å². The number of fused-ring (bicyclic) bond motifs is 1. The molecule has 0 saturated heterocycles. The van der Waals surface area contributed by atoms with Gasteiger partial charge >= 0.3 is 0 Å². The second-order valence-corrected chi connectivity index (χ2v) is 7.07. The quantitative estimate of drug-likeness (QED) is 0.359. The summed E-state index contributed by atoms with van der Waals surface area (Å²) in [6.07, 6.45) is 3.74. The summed E-state index contributed by atoms with van der Waals surface area (Å²) in [5.41, 5.74) is 3.35. The van der Waals surface area contributed by atoms with Crippen LogP contribution < -0.4 is 0 Å². The number of nitrogens with zero attached hydrogens (tertiary/aromatic N) is 3. The summed E-state index contributed by atoms with van der Waals surface area (Å²) in [6, 6.07) is 13.3. The first-order valence-corrected chi connectivity index (χ1v) is 9.34.